The maximum atomic E-state index is 6.45. The number of ether oxygens (including phenoxy) is 1. The lowest BCUT2D eigenvalue weighted by atomic mass is 9.96. The van der Waals surface area contributed by atoms with E-state index in [4.69, 9.17) is 10.5 Å². The Morgan fingerprint density at radius 2 is 1.85 bits per heavy atom. The van der Waals surface area contributed by atoms with Crippen molar-refractivity contribution in [2.75, 3.05) is 6.61 Å². The van der Waals surface area contributed by atoms with Crippen LogP contribution < -0.4 is 10.5 Å². The molecule has 2 aromatic carbocycles. The van der Waals surface area contributed by atoms with E-state index in [1.54, 1.807) is 0 Å². The van der Waals surface area contributed by atoms with Crippen LogP contribution in [0, 0.1) is 13.8 Å². The van der Waals surface area contributed by atoms with Crippen LogP contribution in [0.2, 0.25) is 0 Å². The molecule has 106 valence electrons. The van der Waals surface area contributed by atoms with Crippen molar-refractivity contribution >= 4 is 15.9 Å². The summed E-state index contributed by atoms with van der Waals surface area (Å²) < 4.78 is 6.75. The van der Waals surface area contributed by atoms with Gasteiger partial charge in [0.25, 0.3) is 0 Å². The van der Waals surface area contributed by atoms with Gasteiger partial charge in [-0.15, -0.1) is 0 Å². The van der Waals surface area contributed by atoms with E-state index in [9.17, 15) is 0 Å². The first-order valence-electron chi connectivity index (χ1n) is 6.77. The van der Waals surface area contributed by atoms with E-state index in [1.807, 2.05) is 19.1 Å². The van der Waals surface area contributed by atoms with Crippen LogP contribution in [0.1, 0.15) is 35.2 Å². The number of aryl methyl sites for hydroxylation is 2. The molecule has 0 aliphatic rings. The second kappa shape index (κ2) is 6.42. The molecule has 0 amide bonds. The molecule has 2 aromatic rings. The van der Waals surface area contributed by atoms with Crippen molar-refractivity contribution < 1.29 is 4.74 Å². The third-order valence-corrected chi connectivity index (χ3v) is 3.68. The molecule has 20 heavy (non-hydrogen) atoms. The van der Waals surface area contributed by atoms with Gasteiger partial charge in [0.1, 0.15) is 5.75 Å². The van der Waals surface area contributed by atoms with E-state index in [0.29, 0.717) is 6.61 Å². The lowest BCUT2D eigenvalue weighted by molar-refractivity contribution is 0.335. The fourth-order valence-corrected chi connectivity index (χ4v) is 2.95. The largest absolute Gasteiger partial charge is 0.494 e. The van der Waals surface area contributed by atoms with Crippen LogP contribution >= 0.6 is 15.9 Å². The van der Waals surface area contributed by atoms with Crippen molar-refractivity contribution in [2.24, 2.45) is 5.73 Å². The quantitative estimate of drug-likeness (QED) is 0.893. The smallest absolute Gasteiger partial charge is 0.124 e. The van der Waals surface area contributed by atoms with Crippen LogP contribution in [-0.2, 0) is 0 Å². The molecule has 0 saturated heterocycles. The summed E-state index contributed by atoms with van der Waals surface area (Å²) in [6.07, 6.45) is 0. The van der Waals surface area contributed by atoms with Crippen LogP contribution in [0.5, 0.6) is 5.75 Å². The number of nitrogens with two attached hydrogens (primary N) is 1. The topological polar surface area (TPSA) is 35.2 Å². The summed E-state index contributed by atoms with van der Waals surface area (Å²) in [6, 6.07) is 12.2. The average Bonchev–Trinajstić information content (AvgIpc) is 2.39. The zero-order chi connectivity index (χ0) is 14.7. The van der Waals surface area contributed by atoms with Crippen molar-refractivity contribution in [3.8, 4) is 5.75 Å². The lowest BCUT2D eigenvalue weighted by Gasteiger charge is -2.18. The molecule has 2 N–H and O–H groups in total. The molecule has 0 radical (unpaired) electrons. The Balaban J connectivity index is 2.46. The molecule has 0 aliphatic carbocycles. The first-order valence-corrected chi connectivity index (χ1v) is 7.56. The first kappa shape index (κ1) is 15.1. The minimum atomic E-state index is -0.187. The summed E-state index contributed by atoms with van der Waals surface area (Å²) in [5.74, 6) is 0.864. The summed E-state index contributed by atoms with van der Waals surface area (Å²) in [5.41, 5.74) is 10.9. The zero-order valence-electron chi connectivity index (χ0n) is 12.1. The number of hydrogen-bond donors (Lipinski definition) is 1. The third-order valence-electron chi connectivity index (χ3n) is 3.22. The molecule has 0 spiro atoms. The van der Waals surface area contributed by atoms with Gasteiger partial charge >= 0.3 is 0 Å². The Kier molecular flexibility index (Phi) is 4.84. The number of hydrogen-bond acceptors (Lipinski definition) is 2. The molecular formula is C17H20BrNO. The maximum absolute atomic E-state index is 6.45. The fraction of sp³-hybridized carbons (Fsp3) is 0.294. The molecule has 0 fully saturated rings. The Morgan fingerprint density at radius 3 is 2.50 bits per heavy atom. The molecule has 2 rings (SSSR count). The molecule has 1 atom stereocenters. The van der Waals surface area contributed by atoms with Gasteiger partial charge in [-0.3, -0.25) is 0 Å². The Labute approximate surface area is 129 Å². The second-order valence-corrected chi connectivity index (χ2v) is 5.93. The van der Waals surface area contributed by atoms with Crippen molar-refractivity contribution in [2.45, 2.75) is 26.8 Å². The summed E-state index contributed by atoms with van der Waals surface area (Å²) in [6.45, 7) is 6.76. The van der Waals surface area contributed by atoms with Crippen LogP contribution in [0.15, 0.2) is 40.9 Å². The molecule has 0 heterocycles. The van der Waals surface area contributed by atoms with E-state index in [1.165, 1.54) is 11.1 Å². The lowest BCUT2D eigenvalue weighted by Crippen LogP contribution is -2.14. The van der Waals surface area contributed by atoms with Gasteiger partial charge < -0.3 is 10.5 Å². The summed E-state index contributed by atoms with van der Waals surface area (Å²) in [4.78, 5) is 0. The first-order chi connectivity index (χ1) is 9.51. The average molecular weight is 334 g/mol. The predicted octanol–water partition coefficient (Wildman–Crippen LogP) is 4.51. The Morgan fingerprint density at radius 1 is 1.10 bits per heavy atom. The summed E-state index contributed by atoms with van der Waals surface area (Å²) >= 11 is 3.53. The van der Waals surface area contributed by atoms with Gasteiger partial charge in [0, 0.05) is 10.0 Å². The van der Waals surface area contributed by atoms with Gasteiger partial charge in [0.2, 0.25) is 0 Å². The second-order valence-electron chi connectivity index (χ2n) is 5.01. The van der Waals surface area contributed by atoms with E-state index >= 15 is 0 Å². The van der Waals surface area contributed by atoms with Crippen LogP contribution in [0.25, 0.3) is 0 Å². The highest BCUT2D eigenvalue weighted by molar-refractivity contribution is 9.10. The highest BCUT2D eigenvalue weighted by atomic mass is 79.9. The molecule has 0 saturated carbocycles. The van der Waals surface area contributed by atoms with Gasteiger partial charge in [-0.2, -0.15) is 0 Å². The van der Waals surface area contributed by atoms with Crippen LogP contribution in [0.4, 0.5) is 0 Å². The molecule has 1 unspecified atom stereocenters. The van der Waals surface area contributed by atoms with Gasteiger partial charge in [-0.1, -0.05) is 39.7 Å². The Hall–Kier alpha value is -1.32. The van der Waals surface area contributed by atoms with Gasteiger partial charge in [0.15, 0.2) is 0 Å². The van der Waals surface area contributed by atoms with Crippen molar-refractivity contribution in [1.29, 1.82) is 0 Å². The van der Waals surface area contributed by atoms with Crippen molar-refractivity contribution in [3.63, 3.8) is 0 Å². The minimum absolute atomic E-state index is 0.187. The summed E-state index contributed by atoms with van der Waals surface area (Å²) in [7, 11) is 0. The van der Waals surface area contributed by atoms with E-state index in [0.717, 1.165) is 21.3 Å². The van der Waals surface area contributed by atoms with Gasteiger partial charge in [0.05, 0.1) is 12.6 Å². The Bertz CT molecular complexity index is 590. The zero-order valence-corrected chi connectivity index (χ0v) is 13.7. The van der Waals surface area contributed by atoms with Crippen molar-refractivity contribution in [3.05, 3.63) is 63.1 Å². The normalized spacial score (nSPS) is 12.2. The molecule has 0 aliphatic heterocycles. The highest BCUT2D eigenvalue weighted by Crippen LogP contribution is 2.31. The van der Waals surface area contributed by atoms with Crippen molar-refractivity contribution in [1.82, 2.24) is 0 Å². The third kappa shape index (κ3) is 3.41. The van der Waals surface area contributed by atoms with Crippen LogP contribution in [-0.4, -0.2) is 6.61 Å². The fourth-order valence-electron chi connectivity index (χ4n) is 2.32. The van der Waals surface area contributed by atoms with Gasteiger partial charge in [-0.05, 0) is 50.1 Å². The molecule has 3 heteroatoms. The molecule has 2 nitrogen and oxygen atoms in total. The number of benzene rings is 2. The summed E-state index contributed by atoms with van der Waals surface area (Å²) in [5, 5.41) is 0. The molecule has 0 bridgehead atoms. The van der Waals surface area contributed by atoms with E-state index < -0.39 is 0 Å². The highest BCUT2D eigenvalue weighted by Gasteiger charge is 2.15. The molecule has 0 aromatic heterocycles. The van der Waals surface area contributed by atoms with Gasteiger partial charge in [-0.25, -0.2) is 0 Å². The molecular weight excluding hydrogens is 314 g/mol. The monoisotopic (exact) mass is 333 g/mol. The minimum Gasteiger partial charge on any atom is -0.494 e. The number of halogens is 1. The van der Waals surface area contributed by atoms with Crippen LogP contribution in [0.3, 0.4) is 0 Å². The predicted molar refractivity (Wildman–Crippen MR) is 87.3 cm³/mol. The number of rotatable bonds is 4. The van der Waals surface area contributed by atoms with E-state index in [-0.39, 0.29) is 6.04 Å². The van der Waals surface area contributed by atoms with E-state index in [2.05, 4.69) is 54.0 Å². The standard InChI is InChI=1S/C17H20BrNO/c1-4-20-16-6-5-11(2)9-15(16)17(19)13-7-12(3)8-14(18)10-13/h5-10,17H,4,19H2,1-3H3. The maximum Gasteiger partial charge on any atom is 0.124 e. The SMILES string of the molecule is CCOc1ccc(C)cc1C(N)c1cc(C)cc(Br)c1.